The first-order valence-electron chi connectivity index (χ1n) is 5.33. The second-order valence-electron chi connectivity index (χ2n) is 4.73. The second-order valence-corrected chi connectivity index (χ2v) is 4.73. The summed E-state index contributed by atoms with van der Waals surface area (Å²) in [5.74, 6) is 1.45. The van der Waals surface area contributed by atoms with Crippen LogP contribution in [-0.2, 0) is 4.74 Å². The molecule has 0 aromatic heterocycles. The molecule has 0 aromatic rings. The lowest BCUT2D eigenvalue weighted by Gasteiger charge is -2.21. The van der Waals surface area contributed by atoms with Gasteiger partial charge < -0.3 is 4.74 Å². The molecule has 2 nitrogen and oxygen atoms in total. The van der Waals surface area contributed by atoms with Crippen LogP contribution in [0.5, 0.6) is 0 Å². The van der Waals surface area contributed by atoms with Crippen LogP contribution >= 0.6 is 0 Å². The van der Waals surface area contributed by atoms with Crippen LogP contribution in [0.15, 0.2) is 0 Å². The summed E-state index contributed by atoms with van der Waals surface area (Å²) in [6.45, 7) is 11.4. The molecule has 0 saturated carbocycles. The zero-order valence-electron chi connectivity index (χ0n) is 9.58. The summed E-state index contributed by atoms with van der Waals surface area (Å²) >= 11 is 0. The fraction of sp³-hybridized carbons (Fsp3) is 1.00. The van der Waals surface area contributed by atoms with Gasteiger partial charge in [-0.15, -0.1) is 0 Å². The van der Waals surface area contributed by atoms with Gasteiger partial charge in [0.1, 0.15) is 0 Å². The van der Waals surface area contributed by atoms with Gasteiger partial charge in [0, 0.05) is 32.2 Å². The van der Waals surface area contributed by atoms with E-state index in [2.05, 4.69) is 32.6 Å². The lowest BCUT2D eigenvalue weighted by atomic mass is 9.93. The van der Waals surface area contributed by atoms with E-state index < -0.39 is 0 Å². The molecule has 1 aliphatic heterocycles. The third-order valence-corrected chi connectivity index (χ3v) is 3.23. The Morgan fingerprint density at radius 3 is 2.08 bits per heavy atom. The largest absolute Gasteiger partial charge is 0.380 e. The maximum atomic E-state index is 5.52. The highest BCUT2D eigenvalue weighted by molar-refractivity contribution is 4.87. The van der Waals surface area contributed by atoms with Gasteiger partial charge in [-0.05, 0) is 19.8 Å². The third-order valence-electron chi connectivity index (χ3n) is 3.23. The lowest BCUT2D eigenvalue weighted by molar-refractivity contribution is 0.0629. The van der Waals surface area contributed by atoms with Crippen LogP contribution < -0.4 is 0 Å². The standard InChI is InChI=1S/C11H23NO/c1-8(2)10-6-12(9(3)4)7-11(10)13-5/h8-11H,6-7H2,1-5H3. The van der Waals surface area contributed by atoms with Crippen LogP contribution in [0.3, 0.4) is 0 Å². The molecule has 1 fully saturated rings. The molecule has 1 saturated heterocycles. The maximum Gasteiger partial charge on any atom is 0.0741 e. The van der Waals surface area contributed by atoms with Gasteiger partial charge in [0.15, 0.2) is 0 Å². The monoisotopic (exact) mass is 185 g/mol. The van der Waals surface area contributed by atoms with Gasteiger partial charge in [-0.3, -0.25) is 4.90 Å². The van der Waals surface area contributed by atoms with E-state index in [0.717, 1.165) is 12.5 Å². The fourth-order valence-corrected chi connectivity index (χ4v) is 2.14. The van der Waals surface area contributed by atoms with Gasteiger partial charge in [0.05, 0.1) is 6.10 Å². The zero-order chi connectivity index (χ0) is 10.0. The number of likely N-dealkylation sites (tertiary alicyclic amines) is 1. The minimum Gasteiger partial charge on any atom is -0.380 e. The Labute approximate surface area is 82.3 Å². The summed E-state index contributed by atoms with van der Waals surface area (Å²) < 4.78 is 5.52. The number of rotatable bonds is 3. The van der Waals surface area contributed by atoms with E-state index in [4.69, 9.17) is 4.74 Å². The Balaban J connectivity index is 2.56. The number of methoxy groups -OCH3 is 1. The van der Waals surface area contributed by atoms with Crippen molar-refractivity contribution in [1.29, 1.82) is 0 Å². The van der Waals surface area contributed by atoms with Crippen molar-refractivity contribution in [3.05, 3.63) is 0 Å². The summed E-state index contributed by atoms with van der Waals surface area (Å²) in [5, 5.41) is 0. The van der Waals surface area contributed by atoms with Crippen molar-refractivity contribution >= 4 is 0 Å². The van der Waals surface area contributed by atoms with Crippen LogP contribution in [-0.4, -0.2) is 37.2 Å². The topological polar surface area (TPSA) is 12.5 Å². The van der Waals surface area contributed by atoms with Gasteiger partial charge in [0.2, 0.25) is 0 Å². The van der Waals surface area contributed by atoms with Crippen molar-refractivity contribution in [2.75, 3.05) is 20.2 Å². The van der Waals surface area contributed by atoms with E-state index in [1.165, 1.54) is 6.54 Å². The van der Waals surface area contributed by atoms with E-state index in [1.807, 2.05) is 7.11 Å². The minimum absolute atomic E-state index is 0.447. The molecule has 13 heavy (non-hydrogen) atoms. The van der Waals surface area contributed by atoms with Gasteiger partial charge in [0.25, 0.3) is 0 Å². The fourth-order valence-electron chi connectivity index (χ4n) is 2.14. The predicted molar refractivity (Wildman–Crippen MR) is 55.8 cm³/mol. The molecule has 0 spiro atoms. The van der Waals surface area contributed by atoms with Crippen molar-refractivity contribution in [2.24, 2.45) is 11.8 Å². The number of nitrogens with zero attached hydrogens (tertiary/aromatic N) is 1. The van der Waals surface area contributed by atoms with Crippen molar-refractivity contribution in [3.8, 4) is 0 Å². The van der Waals surface area contributed by atoms with Crippen LogP contribution in [0, 0.1) is 11.8 Å². The normalized spacial score (nSPS) is 30.7. The molecule has 2 unspecified atom stereocenters. The number of hydrogen-bond donors (Lipinski definition) is 0. The molecule has 1 heterocycles. The molecule has 0 aliphatic carbocycles. The van der Waals surface area contributed by atoms with Gasteiger partial charge in [-0.1, -0.05) is 13.8 Å². The highest BCUT2D eigenvalue weighted by Crippen LogP contribution is 2.27. The van der Waals surface area contributed by atoms with Crippen molar-refractivity contribution < 1.29 is 4.74 Å². The molecule has 2 atom stereocenters. The summed E-state index contributed by atoms with van der Waals surface area (Å²) in [6, 6.07) is 0.654. The van der Waals surface area contributed by atoms with Crippen LogP contribution in [0.4, 0.5) is 0 Å². The van der Waals surface area contributed by atoms with Gasteiger partial charge in [-0.25, -0.2) is 0 Å². The average Bonchev–Trinajstić information content (AvgIpc) is 2.47. The van der Waals surface area contributed by atoms with E-state index >= 15 is 0 Å². The van der Waals surface area contributed by atoms with Crippen LogP contribution in [0.25, 0.3) is 0 Å². The zero-order valence-corrected chi connectivity index (χ0v) is 9.58. The lowest BCUT2D eigenvalue weighted by Crippen LogP contribution is -2.29. The summed E-state index contributed by atoms with van der Waals surface area (Å²) in [6.07, 6.45) is 0.447. The molecule has 0 amide bonds. The summed E-state index contributed by atoms with van der Waals surface area (Å²) in [7, 11) is 1.84. The highest BCUT2D eigenvalue weighted by atomic mass is 16.5. The predicted octanol–water partition coefficient (Wildman–Crippen LogP) is 2.00. The van der Waals surface area contributed by atoms with E-state index in [0.29, 0.717) is 18.1 Å². The van der Waals surface area contributed by atoms with Gasteiger partial charge in [-0.2, -0.15) is 0 Å². The first-order valence-corrected chi connectivity index (χ1v) is 5.33. The molecular weight excluding hydrogens is 162 g/mol. The van der Waals surface area contributed by atoms with E-state index in [9.17, 15) is 0 Å². The Morgan fingerprint density at radius 1 is 1.15 bits per heavy atom. The Morgan fingerprint density at radius 2 is 1.77 bits per heavy atom. The molecule has 1 rings (SSSR count). The van der Waals surface area contributed by atoms with Crippen LogP contribution in [0.1, 0.15) is 27.7 Å². The third kappa shape index (κ3) is 2.44. The number of hydrogen-bond acceptors (Lipinski definition) is 2. The number of ether oxygens (including phenoxy) is 1. The minimum atomic E-state index is 0.447. The molecular formula is C11H23NO. The van der Waals surface area contributed by atoms with E-state index in [1.54, 1.807) is 0 Å². The second kappa shape index (κ2) is 4.43. The molecule has 0 bridgehead atoms. The molecule has 0 N–H and O–H groups in total. The summed E-state index contributed by atoms with van der Waals surface area (Å²) in [4.78, 5) is 2.51. The quantitative estimate of drug-likeness (QED) is 0.667. The summed E-state index contributed by atoms with van der Waals surface area (Å²) in [5.41, 5.74) is 0. The average molecular weight is 185 g/mol. The van der Waals surface area contributed by atoms with Crippen molar-refractivity contribution in [3.63, 3.8) is 0 Å². The molecule has 0 radical (unpaired) electrons. The Bertz CT molecular complexity index is 156. The molecule has 0 aromatic carbocycles. The molecule has 1 aliphatic rings. The first kappa shape index (κ1) is 11.0. The Hall–Kier alpha value is -0.0800. The SMILES string of the molecule is COC1CN(C(C)C)CC1C(C)C. The first-order chi connectivity index (χ1) is 6.06. The van der Waals surface area contributed by atoms with E-state index in [-0.39, 0.29) is 0 Å². The Kier molecular flexibility index (Phi) is 3.74. The molecule has 2 heteroatoms. The highest BCUT2D eigenvalue weighted by Gasteiger charge is 2.35. The smallest absolute Gasteiger partial charge is 0.0741 e. The van der Waals surface area contributed by atoms with Crippen molar-refractivity contribution in [2.45, 2.75) is 39.8 Å². The van der Waals surface area contributed by atoms with Gasteiger partial charge >= 0.3 is 0 Å². The molecule has 78 valence electrons. The maximum absolute atomic E-state index is 5.52. The van der Waals surface area contributed by atoms with Crippen molar-refractivity contribution in [1.82, 2.24) is 4.90 Å². The van der Waals surface area contributed by atoms with Crippen LogP contribution in [0.2, 0.25) is 0 Å².